The van der Waals surface area contributed by atoms with Gasteiger partial charge in [0.1, 0.15) is 5.82 Å². The third-order valence-corrected chi connectivity index (χ3v) is 3.41. The normalized spacial score (nSPS) is 16.3. The molecule has 0 unspecified atom stereocenters. The Labute approximate surface area is 115 Å². The Morgan fingerprint density at radius 3 is 2.84 bits per heavy atom. The van der Waals surface area contributed by atoms with Gasteiger partial charge >= 0.3 is 0 Å². The fourth-order valence-corrected chi connectivity index (χ4v) is 2.33. The van der Waals surface area contributed by atoms with Crippen LogP contribution in [0, 0.1) is 0 Å². The van der Waals surface area contributed by atoms with Gasteiger partial charge in [0, 0.05) is 39.9 Å². The number of anilines is 1. The maximum Gasteiger partial charge on any atom is 0.190 e. The van der Waals surface area contributed by atoms with E-state index >= 15 is 0 Å². The molecule has 2 N–H and O–H groups in total. The predicted octanol–water partition coefficient (Wildman–Crippen LogP) is 1.37. The van der Waals surface area contributed by atoms with Gasteiger partial charge in [0.05, 0.1) is 0 Å². The number of rotatable bonds is 3. The van der Waals surface area contributed by atoms with Crippen LogP contribution in [0.15, 0.2) is 23.3 Å². The molecule has 104 valence electrons. The van der Waals surface area contributed by atoms with Crippen molar-refractivity contribution in [1.82, 2.24) is 15.6 Å². The summed E-state index contributed by atoms with van der Waals surface area (Å²) in [5.74, 6) is 1.90. The highest BCUT2D eigenvalue weighted by molar-refractivity contribution is 5.79. The van der Waals surface area contributed by atoms with Crippen LogP contribution in [0.1, 0.15) is 24.8 Å². The lowest BCUT2D eigenvalue weighted by Crippen LogP contribution is -2.34. The molecule has 0 atom stereocenters. The minimum Gasteiger partial charge on any atom is -0.359 e. The van der Waals surface area contributed by atoms with Crippen molar-refractivity contribution in [3.05, 3.63) is 23.9 Å². The molecule has 0 amide bonds. The Morgan fingerprint density at radius 2 is 2.16 bits per heavy atom. The highest BCUT2D eigenvalue weighted by Gasteiger charge is 2.12. The molecule has 1 saturated heterocycles. The average Bonchev–Trinajstić information content (AvgIpc) is 2.49. The van der Waals surface area contributed by atoms with Crippen LogP contribution in [0.4, 0.5) is 5.82 Å². The van der Waals surface area contributed by atoms with Gasteiger partial charge in [-0.3, -0.25) is 4.99 Å². The van der Waals surface area contributed by atoms with Crippen molar-refractivity contribution in [1.29, 1.82) is 0 Å². The Hall–Kier alpha value is -1.78. The number of pyridine rings is 1. The Bertz CT molecular complexity index is 424. The van der Waals surface area contributed by atoms with E-state index in [4.69, 9.17) is 0 Å². The van der Waals surface area contributed by atoms with Crippen LogP contribution in [-0.2, 0) is 6.54 Å². The van der Waals surface area contributed by atoms with Gasteiger partial charge in [0.15, 0.2) is 5.96 Å². The molecule has 19 heavy (non-hydrogen) atoms. The number of guanidine groups is 1. The molecule has 0 aliphatic carbocycles. The summed E-state index contributed by atoms with van der Waals surface area (Å²) < 4.78 is 0. The maximum absolute atomic E-state index is 4.48. The van der Waals surface area contributed by atoms with E-state index in [9.17, 15) is 0 Å². The van der Waals surface area contributed by atoms with Gasteiger partial charge in [0.25, 0.3) is 0 Å². The van der Waals surface area contributed by atoms with Crippen molar-refractivity contribution in [3.8, 4) is 0 Å². The van der Waals surface area contributed by atoms with Crippen molar-refractivity contribution in [2.75, 3.05) is 32.1 Å². The van der Waals surface area contributed by atoms with Crippen LogP contribution < -0.4 is 15.5 Å². The fraction of sp³-hybridized carbons (Fsp3) is 0.571. The van der Waals surface area contributed by atoms with Crippen molar-refractivity contribution >= 4 is 11.8 Å². The molecule has 1 aromatic rings. The molecule has 1 aliphatic rings. The first-order valence-electron chi connectivity index (χ1n) is 6.92. The third-order valence-electron chi connectivity index (χ3n) is 3.41. The first kappa shape index (κ1) is 13.6. The Morgan fingerprint density at radius 1 is 1.37 bits per heavy atom. The van der Waals surface area contributed by atoms with E-state index in [1.807, 2.05) is 19.3 Å². The summed E-state index contributed by atoms with van der Waals surface area (Å²) >= 11 is 0. The molecular formula is C14H23N5. The highest BCUT2D eigenvalue weighted by Crippen LogP contribution is 2.18. The minimum absolute atomic E-state index is 0.761. The number of aliphatic imine (C=N–C) groups is 1. The molecule has 1 aromatic heterocycles. The number of aromatic nitrogens is 1. The van der Waals surface area contributed by atoms with Crippen LogP contribution in [0.3, 0.4) is 0 Å². The summed E-state index contributed by atoms with van der Waals surface area (Å²) in [7, 11) is 3.63. The van der Waals surface area contributed by atoms with E-state index in [2.05, 4.69) is 31.6 Å². The third kappa shape index (κ3) is 3.84. The molecule has 2 heterocycles. The second-order valence-electron chi connectivity index (χ2n) is 4.75. The second-order valence-corrected chi connectivity index (χ2v) is 4.75. The number of hydrogen-bond donors (Lipinski definition) is 2. The molecule has 0 spiro atoms. The molecule has 1 aliphatic heterocycles. The van der Waals surface area contributed by atoms with E-state index in [0.29, 0.717) is 0 Å². The zero-order valence-corrected chi connectivity index (χ0v) is 11.8. The maximum atomic E-state index is 4.48. The van der Waals surface area contributed by atoms with Gasteiger partial charge in [0.2, 0.25) is 0 Å². The summed E-state index contributed by atoms with van der Waals surface area (Å²) in [6.07, 6.45) is 5.78. The first-order valence-corrected chi connectivity index (χ1v) is 6.92. The van der Waals surface area contributed by atoms with Crippen LogP contribution in [0.5, 0.6) is 0 Å². The zero-order valence-electron chi connectivity index (χ0n) is 11.8. The standard InChI is InChI=1S/C14H23N5/c1-15-14(16-2)18-11-12-6-7-17-13(10-12)19-8-4-3-5-9-19/h6-7,10H,3-5,8-9,11H2,1-2H3,(H2,15,16,18). The summed E-state index contributed by atoms with van der Waals surface area (Å²) in [4.78, 5) is 11.0. The molecule has 0 bridgehead atoms. The van der Waals surface area contributed by atoms with Crippen molar-refractivity contribution in [3.63, 3.8) is 0 Å². The van der Waals surface area contributed by atoms with Gasteiger partial charge in [-0.1, -0.05) is 0 Å². The summed E-state index contributed by atoms with van der Waals surface area (Å²) in [6, 6.07) is 4.21. The predicted molar refractivity (Wildman–Crippen MR) is 79.6 cm³/mol. The monoisotopic (exact) mass is 261 g/mol. The molecule has 0 aromatic carbocycles. The van der Waals surface area contributed by atoms with E-state index in [1.54, 1.807) is 7.05 Å². The lowest BCUT2D eigenvalue weighted by molar-refractivity contribution is 0.573. The largest absolute Gasteiger partial charge is 0.359 e. The van der Waals surface area contributed by atoms with Crippen molar-refractivity contribution < 1.29 is 0 Å². The van der Waals surface area contributed by atoms with E-state index in [-0.39, 0.29) is 0 Å². The Balaban J connectivity index is 1.98. The van der Waals surface area contributed by atoms with E-state index in [0.717, 1.165) is 31.4 Å². The molecule has 5 heteroatoms. The van der Waals surface area contributed by atoms with Gasteiger partial charge in [-0.25, -0.2) is 4.98 Å². The van der Waals surface area contributed by atoms with Crippen molar-refractivity contribution in [2.24, 2.45) is 4.99 Å². The molecule has 5 nitrogen and oxygen atoms in total. The van der Waals surface area contributed by atoms with E-state index < -0.39 is 0 Å². The fourth-order valence-electron chi connectivity index (χ4n) is 2.33. The van der Waals surface area contributed by atoms with Gasteiger partial charge in [-0.05, 0) is 37.0 Å². The lowest BCUT2D eigenvalue weighted by Gasteiger charge is -2.28. The topological polar surface area (TPSA) is 52.6 Å². The summed E-state index contributed by atoms with van der Waals surface area (Å²) in [5, 5.41) is 6.27. The molecular weight excluding hydrogens is 238 g/mol. The Kier molecular flexibility index (Phi) is 5.01. The number of piperidine rings is 1. The zero-order chi connectivity index (χ0) is 13.5. The lowest BCUT2D eigenvalue weighted by atomic mass is 10.1. The highest BCUT2D eigenvalue weighted by atomic mass is 15.2. The quantitative estimate of drug-likeness (QED) is 0.637. The molecule has 2 rings (SSSR count). The minimum atomic E-state index is 0.761. The van der Waals surface area contributed by atoms with E-state index in [1.165, 1.54) is 24.8 Å². The van der Waals surface area contributed by atoms with Gasteiger partial charge in [-0.2, -0.15) is 0 Å². The first-order chi connectivity index (χ1) is 9.33. The average molecular weight is 261 g/mol. The van der Waals surface area contributed by atoms with Crippen LogP contribution in [0.25, 0.3) is 0 Å². The van der Waals surface area contributed by atoms with Crippen LogP contribution >= 0.6 is 0 Å². The van der Waals surface area contributed by atoms with Crippen molar-refractivity contribution in [2.45, 2.75) is 25.8 Å². The number of hydrogen-bond acceptors (Lipinski definition) is 3. The molecule has 1 fully saturated rings. The van der Waals surface area contributed by atoms with Crippen LogP contribution in [-0.4, -0.2) is 38.1 Å². The van der Waals surface area contributed by atoms with Gasteiger partial charge in [-0.15, -0.1) is 0 Å². The smallest absolute Gasteiger partial charge is 0.190 e. The second kappa shape index (κ2) is 6.97. The summed E-state index contributed by atoms with van der Waals surface area (Å²) in [5.41, 5.74) is 1.23. The number of nitrogens with zero attached hydrogens (tertiary/aromatic N) is 3. The van der Waals surface area contributed by atoms with Crippen LogP contribution in [0.2, 0.25) is 0 Å². The van der Waals surface area contributed by atoms with Gasteiger partial charge < -0.3 is 15.5 Å². The molecule has 0 radical (unpaired) electrons. The SMILES string of the molecule is CN=C(NC)NCc1ccnc(N2CCCCC2)c1. The molecule has 0 saturated carbocycles. The summed E-state index contributed by atoms with van der Waals surface area (Å²) in [6.45, 7) is 3.01. The number of nitrogens with one attached hydrogen (secondary N) is 2.